The molecule has 0 aliphatic carbocycles. The summed E-state index contributed by atoms with van der Waals surface area (Å²) in [5.41, 5.74) is 2.49. The maximum atomic E-state index is 4.28. The summed E-state index contributed by atoms with van der Waals surface area (Å²) in [6.07, 6.45) is 3.62. The molecule has 3 heteroatoms. The van der Waals surface area contributed by atoms with Crippen molar-refractivity contribution in [3.05, 3.63) is 53.6 Å². The van der Waals surface area contributed by atoms with Gasteiger partial charge in [0.05, 0.1) is 6.04 Å². The van der Waals surface area contributed by atoms with E-state index in [1.165, 1.54) is 11.1 Å². The number of hydrogen-bond acceptors (Lipinski definition) is 2. The zero-order valence-corrected chi connectivity index (χ0v) is 8.99. The third kappa shape index (κ3) is 2.07. The molecule has 1 unspecified atom stereocenters. The minimum absolute atomic E-state index is 0.139. The van der Waals surface area contributed by atoms with Crippen molar-refractivity contribution in [3.8, 4) is 0 Å². The molecule has 0 spiro atoms. The Hall–Kier alpha value is -1.61. The molecular weight excluding hydrogens is 186 g/mol. The zero-order chi connectivity index (χ0) is 10.7. The highest BCUT2D eigenvalue weighted by molar-refractivity contribution is 5.28. The van der Waals surface area contributed by atoms with Gasteiger partial charge in [-0.25, -0.2) is 4.98 Å². The molecule has 1 aromatic carbocycles. The Morgan fingerprint density at radius 2 is 2.27 bits per heavy atom. The van der Waals surface area contributed by atoms with Crippen molar-refractivity contribution >= 4 is 0 Å². The minimum atomic E-state index is 0.139. The lowest BCUT2D eigenvalue weighted by Gasteiger charge is -2.14. The van der Waals surface area contributed by atoms with E-state index in [9.17, 15) is 0 Å². The Morgan fingerprint density at radius 1 is 1.40 bits per heavy atom. The predicted molar refractivity (Wildman–Crippen MR) is 60.7 cm³/mol. The first kappa shape index (κ1) is 9.93. The normalized spacial score (nSPS) is 12.7. The Bertz CT molecular complexity index is 420. The van der Waals surface area contributed by atoms with Crippen molar-refractivity contribution < 1.29 is 0 Å². The second-order valence-corrected chi connectivity index (χ2v) is 3.61. The molecule has 0 radical (unpaired) electrons. The molecule has 2 aromatic rings. The van der Waals surface area contributed by atoms with Gasteiger partial charge in [-0.3, -0.25) is 0 Å². The summed E-state index contributed by atoms with van der Waals surface area (Å²) < 4.78 is 0. The van der Waals surface area contributed by atoms with E-state index in [4.69, 9.17) is 0 Å². The van der Waals surface area contributed by atoms with Crippen LogP contribution in [0.5, 0.6) is 0 Å². The second kappa shape index (κ2) is 4.28. The number of aromatic amines is 1. The third-order valence-corrected chi connectivity index (χ3v) is 2.46. The van der Waals surface area contributed by atoms with Crippen LogP contribution in [0.2, 0.25) is 0 Å². The fraction of sp³-hybridized carbons (Fsp3) is 0.250. The molecular formula is C12H15N3. The van der Waals surface area contributed by atoms with E-state index in [1.807, 2.05) is 13.2 Å². The highest BCUT2D eigenvalue weighted by Gasteiger charge is 2.13. The van der Waals surface area contributed by atoms with Crippen LogP contribution in [0, 0.1) is 6.92 Å². The number of rotatable bonds is 3. The molecule has 78 valence electrons. The number of H-pyrrole nitrogens is 1. The Balaban J connectivity index is 2.35. The first-order valence-electron chi connectivity index (χ1n) is 5.04. The first-order chi connectivity index (χ1) is 7.31. The monoisotopic (exact) mass is 201 g/mol. The molecule has 0 fully saturated rings. The molecule has 3 nitrogen and oxygen atoms in total. The van der Waals surface area contributed by atoms with Gasteiger partial charge in [-0.2, -0.15) is 0 Å². The lowest BCUT2D eigenvalue weighted by molar-refractivity contribution is 0.654. The number of imidazole rings is 1. The van der Waals surface area contributed by atoms with E-state index in [2.05, 4.69) is 46.5 Å². The highest BCUT2D eigenvalue weighted by Crippen LogP contribution is 2.18. The molecule has 0 amide bonds. The van der Waals surface area contributed by atoms with Crippen LogP contribution in [-0.2, 0) is 0 Å². The Labute approximate surface area is 89.6 Å². The summed E-state index contributed by atoms with van der Waals surface area (Å²) in [5.74, 6) is 0.947. The maximum absolute atomic E-state index is 4.28. The fourth-order valence-electron chi connectivity index (χ4n) is 1.75. The zero-order valence-electron chi connectivity index (χ0n) is 8.99. The number of aromatic nitrogens is 2. The van der Waals surface area contributed by atoms with Gasteiger partial charge in [0.2, 0.25) is 0 Å². The van der Waals surface area contributed by atoms with Gasteiger partial charge in [-0.1, -0.05) is 29.8 Å². The fourth-order valence-corrected chi connectivity index (χ4v) is 1.75. The average molecular weight is 201 g/mol. The standard InChI is InChI=1S/C12H15N3/c1-9-4-3-5-10(8-9)11(13-2)12-14-6-7-15-12/h3-8,11,13H,1-2H3,(H,14,15). The van der Waals surface area contributed by atoms with E-state index in [0.29, 0.717) is 0 Å². The van der Waals surface area contributed by atoms with Crippen molar-refractivity contribution in [2.45, 2.75) is 13.0 Å². The molecule has 0 aliphatic heterocycles. The van der Waals surface area contributed by atoms with Gasteiger partial charge in [-0.15, -0.1) is 0 Å². The molecule has 2 N–H and O–H groups in total. The topological polar surface area (TPSA) is 40.7 Å². The van der Waals surface area contributed by atoms with Crippen molar-refractivity contribution in [2.75, 3.05) is 7.05 Å². The smallest absolute Gasteiger partial charge is 0.127 e. The summed E-state index contributed by atoms with van der Waals surface area (Å²) in [6, 6.07) is 8.58. The molecule has 0 saturated carbocycles. The number of aryl methyl sites for hydroxylation is 1. The summed E-state index contributed by atoms with van der Waals surface area (Å²) in [5, 5.41) is 3.25. The van der Waals surface area contributed by atoms with Gasteiger partial charge < -0.3 is 10.3 Å². The van der Waals surface area contributed by atoms with Crippen LogP contribution < -0.4 is 5.32 Å². The van der Waals surface area contributed by atoms with Crippen LogP contribution in [0.3, 0.4) is 0 Å². The van der Waals surface area contributed by atoms with Crippen LogP contribution in [-0.4, -0.2) is 17.0 Å². The molecule has 2 rings (SSSR count). The largest absolute Gasteiger partial charge is 0.347 e. The summed E-state index contributed by atoms with van der Waals surface area (Å²) in [7, 11) is 1.94. The first-order valence-corrected chi connectivity index (χ1v) is 5.04. The number of nitrogens with one attached hydrogen (secondary N) is 2. The van der Waals surface area contributed by atoms with Crippen molar-refractivity contribution in [1.29, 1.82) is 0 Å². The van der Waals surface area contributed by atoms with E-state index < -0.39 is 0 Å². The molecule has 1 atom stereocenters. The van der Waals surface area contributed by atoms with Crippen molar-refractivity contribution in [2.24, 2.45) is 0 Å². The number of hydrogen-bond donors (Lipinski definition) is 2. The van der Waals surface area contributed by atoms with E-state index in [0.717, 1.165) is 5.82 Å². The van der Waals surface area contributed by atoms with Crippen LogP contribution in [0.4, 0.5) is 0 Å². The van der Waals surface area contributed by atoms with Crippen LogP contribution in [0.1, 0.15) is 23.0 Å². The molecule has 1 heterocycles. The third-order valence-electron chi connectivity index (χ3n) is 2.46. The molecule has 0 aliphatic rings. The van der Waals surface area contributed by atoms with E-state index in [1.54, 1.807) is 6.20 Å². The van der Waals surface area contributed by atoms with Crippen LogP contribution >= 0.6 is 0 Å². The van der Waals surface area contributed by atoms with E-state index >= 15 is 0 Å². The Kier molecular flexibility index (Phi) is 2.83. The molecule has 0 bridgehead atoms. The van der Waals surface area contributed by atoms with Crippen LogP contribution in [0.15, 0.2) is 36.7 Å². The number of nitrogens with zero attached hydrogens (tertiary/aromatic N) is 1. The van der Waals surface area contributed by atoms with Gasteiger partial charge in [0.1, 0.15) is 5.82 Å². The average Bonchev–Trinajstić information content (AvgIpc) is 2.72. The van der Waals surface area contributed by atoms with Gasteiger partial charge in [-0.05, 0) is 19.5 Å². The lowest BCUT2D eigenvalue weighted by atomic mass is 10.0. The predicted octanol–water partition coefficient (Wildman–Crippen LogP) is 2.03. The Morgan fingerprint density at radius 3 is 2.87 bits per heavy atom. The van der Waals surface area contributed by atoms with Gasteiger partial charge in [0.15, 0.2) is 0 Å². The van der Waals surface area contributed by atoms with Crippen LogP contribution in [0.25, 0.3) is 0 Å². The molecule has 1 aromatic heterocycles. The van der Waals surface area contributed by atoms with Gasteiger partial charge in [0.25, 0.3) is 0 Å². The summed E-state index contributed by atoms with van der Waals surface area (Å²) in [6.45, 7) is 2.10. The van der Waals surface area contributed by atoms with Crippen molar-refractivity contribution in [3.63, 3.8) is 0 Å². The van der Waals surface area contributed by atoms with Crippen molar-refractivity contribution in [1.82, 2.24) is 15.3 Å². The minimum Gasteiger partial charge on any atom is -0.347 e. The lowest BCUT2D eigenvalue weighted by Crippen LogP contribution is -2.19. The quantitative estimate of drug-likeness (QED) is 0.797. The summed E-state index contributed by atoms with van der Waals surface area (Å²) in [4.78, 5) is 7.41. The number of benzene rings is 1. The molecule has 0 saturated heterocycles. The molecule has 15 heavy (non-hydrogen) atoms. The van der Waals surface area contributed by atoms with E-state index in [-0.39, 0.29) is 6.04 Å². The SMILES string of the molecule is CNC(c1cccc(C)c1)c1ncc[nH]1. The second-order valence-electron chi connectivity index (χ2n) is 3.61. The van der Waals surface area contributed by atoms with Gasteiger partial charge in [0, 0.05) is 12.4 Å². The van der Waals surface area contributed by atoms with Gasteiger partial charge >= 0.3 is 0 Å². The highest BCUT2D eigenvalue weighted by atomic mass is 15.0. The summed E-state index contributed by atoms with van der Waals surface area (Å²) >= 11 is 0. The maximum Gasteiger partial charge on any atom is 0.127 e.